The first-order chi connectivity index (χ1) is 13.6. The number of hydrogen-bond donors (Lipinski definition) is 1. The summed E-state index contributed by atoms with van der Waals surface area (Å²) in [5, 5.41) is 6.57. The number of aromatic amines is 1. The third kappa shape index (κ3) is 3.80. The number of rotatable bonds is 4. The summed E-state index contributed by atoms with van der Waals surface area (Å²) < 4.78 is 5.44. The van der Waals surface area contributed by atoms with Gasteiger partial charge in [0.05, 0.1) is 18.4 Å². The Morgan fingerprint density at radius 3 is 2.71 bits per heavy atom. The van der Waals surface area contributed by atoms with Crippen molar-refractivity contribution < 1.29 is 9.53 Å². The van der Waals surface area contributed by atoms with Crippen molar-refractivity contribution in [3.05, 3.63) is 57.5 Å². The lowest BCUT2D eigenvalue weighted by molar-refractivity contribution is -0.131. The van der Waals surface area contributed by atoms with E-state index in [4.69, 9.17) is 4.74 Å². The summed E-state index contributed by atoms with van der Waals surface area (Å²) in [7, 11) is 0. The van der Waals surface area contributed by atoms with Crippen LogP contribution in [0.5, 0.6) is 0 Å². The molecule has 1 aromatic carbocycles. The molecule has 4 rings (SSSR count). The predicted octanol–water partition coefficient (Wildman–Crippen LogP) is 1.82. The fourth-order valence-electron chi connectivity index (χ4n) is 4.11. The summed E-state index contributed by atoms with van der Waals surface area (Å²) >= 11 is 0. The second-order valence-electron chi connectivity index (χ2n) is 7.55. The van der Waals surface area contributed by atoms with Gasteiger partial charge in [-0.3, -0.25) is 9.59 Å². The van der Waals surface area contributed by atoms with Crippen molar-refractivity contribution in [1.82, 2.24) is 15.1 Å². The van der Waals surface area contributed by atoms with E-state index in [-0.39, 0.29) is 23.9 Å². The summed E-state index contributed by atoms with van der Waals surface area (Å²) in [6.45, 7) is 5.61. The van der Waals surface area contributed by atoms with Gasteiger partial charge in [0.25, 0.3) is 5.56 Å². The van der Waals surface area contributed by atoms with Gasteiger partial charge in [0, 0.05) is 38.4 Å². The van der Waals surface area contributed by atoms with Gasteiger partial charge >= 0.3 is 0 Å². The van der Waals surface area contributed by atoms with Gasteiger partial charge in [-0.1, -0.05) is 24.3 Å². The number of ether oxygens (including phenoxy) is 1. The number of anilines is 1. The Bertz CT molecular complexity index is 905. The molecule has 0 radical (unpaired) electrons. The number of benzene rings is 1. The fourth-order valence-corrected chi connectivity index (χ4v) is 4.11. The second kappa shape index (κ2) is 8.14. The van der Waals surface area contributed by atoms with E-state index in [9.17, 15) is 9.59 Å². The molecular formula is C21H26N4O3. The summed E-state index contributed by atoms with van der Waals surface area (Å²) in [4.78, 5) is 29.2. The van der Waals surface area contributed by atoms with Crippen molar-refractivity contribution in [2.75, 3.05) is 37.7 Å². The van der Waals surface area contributed by atoms with Crippen LogP contribution in [0, 0.1) is 6.92 Å². The van der Waals surface area contributed by atoms with Crippen LogP contribution < -0.4 is 10.5 Å². The Labute approximate surface area is 164 Å². The van der Waals surface area contributed by atoms with Gasteiger partial charge in [-0.2, -0.15) is 5.10 Å². The Morgan fingerprint density at radius 1 is 1.18 bits per heavy atom. The first kappa shape index (κ1) is 18.7. The Hall–Kier alpha value is -2.67. The second-order valence-corrected chi connectivity index (χ2v) is 7.55. The number of H-pyrrole nitrogens is 1. The van der Waals surface area contributed by atoms with E-state index in [0.717, 1.165) is 24.1 Å². The lowest BCUT2D eigenvalue weighted by atomic mass is 9.91. The number of nitrogens with one attached hydrogen (secondary N) is 1. The number of carbonyl (C=O) groups excluding carboxylic acids is 1. The molecule has 2 aromatic rings. The van der Waals surface area contributed by atoms with Crippen LogP contribution in [0.2, 0.25) is 0 Å². The fraction of sp³-hybridized carbons (Fsp3) is 0.476. The Balaban J connectivity index is 1.52. The van der Waals surface area contributed by atoms with Crippen LogP contribution in [-0.4, -0.2) is 53.9 Å². The average molecular weight is 382 g/mol. The normalized spacial score (nSPS) is 18.5. The highest BCUT2D eigenvalue weighted by molar-refractivity contribution is 5.83. The van der Waals surface area contributed by atoms with Crippen LogP contribution >= 0.6 is 0 Å². The maximum Gasteiger partial charge on any atom is 0.269 e. The van der Waals surface area contributed by atoms with E-state index < -0.39 is 0 Å². The molecule has 1 N–H and O–H groups in total. The van der Waals surface area contributed by atoms with Gasteiger partial charge in [0.1, 0.15) is 0 Å². The van der Waals surface area contributed by atoms with Gasteiger partial charge in [-0.05, 0) is 36.8 Å². The van der Waals surface area contributed by atoms with E-state index >= 15 is 0 Å². The van der Waals surface area contributed by atoms with Crippen molar-refractivity contribution in [2.45, 2.75) is 32.2 Å². The summed E-state index contributed by atoms with van der Waals surface area (Å²) in [5.41, 5.74) is 3.75. The molecule has 0 aliphatic carbocycles. The van der Waals surface area contributed by atoms with Gasteiger partial charge in [-0.25, -0.2) is 5.10 Å². The summed E-state index contributed by atoms with van der Waals surface area (Å²) in [6, 6.07) is 8.15. The molecule has 0 bridgehead atoms. The molecule has 0 spiro atoms. The largest absolute Gasteiger partial charge is 0.381 e. The van der Waals surface area contributed by atoms with Gasteiger partial charge in [0.2, 0.25) is 5.91 Å². The lowest BCUT2D eigenvalue weighted by Gasteiger charge is -2.37. The molecule has 2 aliphatic rings. The zero-order chi connectivity index (χ0) is 19.5. The first-order valence-electron chi connectivity index (χ1n) is 9.86. The Kier molecular flexibility index (Phi) is 5.43. The number of hydrogen-bond acceptors (Lipinski definition) is 5. The molecule has 0 atom stereocenters. The minimum atomic E-state index is -0.154. The van der Waals surface area contributed by atoms with E-state index in [1.807, 2.05) is 21.9 Å². The zero-order valence-corrected chi connectivity index (χ0v) is 16.2. The van der Waals surface area contributed by atoms with Crippen LogP contribution in [0.15, 0.2) is 35.3 Å². The third-order valence-electron chi connectivity index (χ3n) is 5.78. The molecular weight excluding hydrogens is 356 g/mol. The van der Waals surface area contributed by atoms with E-state index in [1.54, 1.807) is 6.20 Å². The molecule has 7 nitrogen and oxygen atoms in total. The summed E-state index contributed by atoms with van der Waals surface area (Å²) in [5.74, 6) is 0.225. The molecule has 0 saturated carbocycles. The van der Waals surface area contributed by atoms with Crippen molar-refractivity contribution in [3.8, 4) is 0 Å². The number of carbonyl (C=O) groups is 1. The van der Waals surface area contributed by atoms with Gasteiger partial charge in [-0.15, -0.1) is 0 Å². The van der Waals surface area contributed by atoms with Gasteiger partial charge in [0.15, 0.2) is 0 Å². The number of nitrogens with zero attached hydrogens (tertiary/aromatic N) is 3. The van der Waals surface area contributed by atoms with Crippen LogP contribution in [0.3, 0.4) is 0 Å². The van der Waals surface area contributed by atoms with E-state index in [2.05, 4.69) is 29.3 Å². The zero-order valence-electron chi connectivity index (χ0n) is 16.2. The molecule has 148 valence electrons. The molecule has 2 saturated heterocycles. The smallest absolute Gasteiger partial charge is 0.269 e. The maximum atomic E-state index is 12.8. The third-order valence-corrected chi connectivity index (χ3v) is 5.78. The highest BCUT2D eigenvalue weighted by atomic mass is 16.5. The predicted molar refractivity (Wildman–Crippen MR) is 106 cm³/mol. The lowest BCUT2D eigenvalue weighted by Crippen LogP contribution is -2.50. The number of piperazine rings is 1. The maximum absolute atomic E-state index is 12.8. The van der Waals surface area contributed by atoms with E-state index in [0.29, 0.717) is 32.8 Å². The monoisotopic (exact) mass is 382 g/mol. The average Bonchev–Trinajstić information content (AvgIpc) is 2.71. The van der Waals surface area contributed by atoms with Crippen LogP contribution in [0.4, 0.5) is 5.69 Å². The van der Waals surface area contributed by atoms with Gasteiger partial charge < -0.3 is 14.5 Å². The first-order valence-corrected chi connectivity index (χ1v) is 9.86. The minimum absolute atomic E-state index is 0.0766. The van der Waals surface area contributed by atoms with Crippen LogP contribution in [0.25, 0.3) is 0 Å². The van der Waals surface area contributed by atoms with Crippen molar-refractivity contribution >= 4 is 11.6 Å². The molecule has 3 heterocycles. The van der Waals surface area contributed by atoms with E-state index in [1.165, 1.54) is 11.1 Å². The number of aryl methyl sites for hydroxylation is 1. The summed E-state index contributed by atoms with van der Waals surface area (Å²) in [6.07, 6.45) is 3.33. The SMILES string of the molecule is Cc1ccccc1CN1CCN(c2cn[nH]c(=O)c2C2CCOCC2)CC1=O. The molecule has 0 unspecified atom stereocenters. The standard InChI is InChI=1S/C21H26N4O3/c1-15-4-2-3-5-17(15)13-25-9-8-24(14-19(25)26)18-12-22-23-21(27)20(18)16-6-10-28-11-7-16/h2-5,12,16H,6-11,13-14H2,1H3,(H,23,27). The molecule has 2 aliphatic heterocycles. The number of aromatic nitrogens is 2. The number of amides is 1. The highest BCUT2D eigenvalue weighted by Crippen LogP contribution is 2.31. The van der Waals surface area contributed by atoms with Crippen molar-refractivity contribution in [2.24, 2.45) is 0 Å². The topological polar surface area (TPSA) is 78.5 Å². The van der Waals surface area contributed by atoms with Crippen molar-refractivity contribution in [3.63, 3.8) is 0 Å². The minimum Gasteiger partial charge on any atom is -0.381 e. The molecule has 28 heavy (non-hydrogen) atoms. The van der Waals surface area contributed by atoms with Crippen LogP contribution in [0.1, 0.15) is 35.4 Å². The van der Waals surface area contributed by atoms with Crippen LogP contribution in [-0.2, 0) is 16.1 Å². The molecule has 1 aromatic heterocycles. The molecule has 1 amide bonds. The highest BCUT2D eigenvalue weighted by Gasteiger charge is 2.29. The molecule has 2 fully saturated rings. The quantitative estimate of drug-likeness (QED) is 0.873. The Morgan fingerprint density at radius 2 is 1.96 bits per heavy atom. The molecule has 7 heteroatoms. The van der Waals surface area contributed by atoms with Crippen molar-refractivity contribution in [1.29, 1.82) is 0 Å².